The van der Waals surface area contributed by atoms with E-state index in [4.69, 9.17) is 4.42 Å². The second kappa shape index (κ2) is 11.1. The Hall–Kier alpha value is -4.39. The van der Waals surface area contributed by atoms with Crippen LogP contribution < -0.4 is 5.43 Å². The molecule has 1 aliphatic carbocycles. The lowest BCUT2D eigenvalue weighted by atomic mass is 9.87. The molecule has 0 fully saturated rings. The van der Waals surface area contributed by atoms with Crippen LogP contribution in [0.5, 0.6) is 11.5 Å². The number of phenolic OH excluding ortho intramolecular Hbond substituents is 2. The predicted octanol–water partition coefficient (Wildman–Crippen LogP) is 6.10. The van der Waals surface area contributed by atoms with Gasteiger partial charge >= 0.3 is 0 Å². The Kier molecular flexibility index (Phi) is 8.17. The fourth-order valence-corrected chi connectivity index (χ4v) is 3.87. The number of ketones is 2. The largest absolute Gasteiger partial charge is 0.507 e. The second-order valence-corrected chi connectivity index (χ2v) is 9.32. The SMILES string of the molecule is CC(C)=CCC1=C(O)c2ccccc2C(=O)C1=O.CC(C)=CCc1c(O)cc2oc(C)cc(=O)c2c1O. The summed E-state index contributed by atoms with van der Waals surface area (Å²) in [6.07, 6.45) is 4.34. The molecule has 4 rings (SSSR count). The molecule has 192 valence electrons. The van der Waals surface area contributed by atoms with E-state index in [1.807, 2.05) is 39.8 Å². The van der Waals surface area contributed by atoms with Gasteiger partial charge in [0.1, 0.15) is 34.0 Å². The Bertz CT molecular complexity index is 1540. The lowest BCUT2D eigenvalue weighted by Crippen LogP contribution is -2.23. The normalized spacial score (nSPS) is 12.6. The first-order chi connectivity index (χ1) is 17.4. The third-order valence-corrected chi connectivity index (χ3v) is 5.82. The first-order valence-corrected chi connectivity index (χ1v) is 11.8. The zero-order valence-electron chi connectivity index (χ0n) is 21.5. The Balaban J connectivity index is 0.000000206. The van der Waals surface area contributed by atoms with Gasteiger partial charge in [-0.15, -0.1) is 0 Å². The van der Waals surface area contributed by atoms with Crippen molar-refractivity contribution in [2.75, 3.05) is 0 Å². The number of carbonyl (C=O) groups excluding carboxylic acids is 2. The third kappa shape index (κ3) is 5.89. The van der Waals surface area contributed by atoms with Crippen molar-refractivity contribution in [1.82, 2.24) is 0 Å². The molecule has 7 heteroatoms. The number of carbonyl (C=O) groups is 2. The molecule has 1 aliphatic rings. The molecule has 1 heterocycles. The average molecular weight is 503 g/mol. The van der Waals surface area contributed by atoms with Crippen molar-refractivity contribution in [3.8, 4) is 11.5 Å². The zero-order valence-corrected chi connectivity index (χ0v) is 21.5. The van der Waals surface area contributed by atoms with Crippen LogP contribution in [0.1, 0.15) is 61.4 Å². The Morgan fingerprint density at radius 3 is 2.05 bits per heavy atom. The lowest BCUT2D eigenvalue weighted by Gasteiger charge is -2.16. The molecule has 0 bridgehead atoms. The Morgan fingerprint density at radius 2 is 1.43 bits per heavy atom. The van der Waals surface area contributed by atoms with Gasteiger partial charge in [0.15, 0.2) is 5.43 Å². The van der Waals surface area contributed by atoms with Crippen molar-refractivity contribution in [3.63, 3.8) is 0 Å². The zero-order chi connectivity index (χ0) is 27.4. The van der Waals surface area contributed by atoms with Crippen molar-refractivity contribution < 1.29 is 29.3 Å². The minimum atomic E-state index is -0.608. The number of rotatable bonds is 4. The topological polar surface area (TPSA) is 125 Å². The number of benzene rings is 2. The molecule has 1 aromatic heterocycles. The van der Waals surface area contributed by atoms with E-state index in [-0.39, 0.29) is 51.2 Å². The van der Waals surface area contributed by atoms with Gasteiger partial charge in [0, 0.05) is 34.4 Å². The summed E-state index contributed by atoms with van der Waals surface area (Å²) < 4.78 is 5.35. The standard InChI is InChI=1S/C15H16O4.C15H14O3/c1-8(2)4-5-10-11(16)7-13-14(15(10)18)12(17)6-9(3)19-13;1-9(2)7-8-12-13(16)10-5-3-4-6-11(10)14(17)15(12)18/h4,6-7,16,18H,5H2,1-3H3;3-7,16H,8H2,1-2H3. The summed E-state index contributed by atoms with van der Waals surface area (Å²) in [5.74, 6) is -1.07. The summed E-state index contributed by atoms with van der Waals surface area (Å²) in [7, 11) is 0. The second-order valence-electron chi connectivity index (χ2n) is 9.32. The maximum Gasteiger partial charge on any atom is 0.234 e. The maximum atomic E-state index is 11.9. The minimum absolute atomic E-state index is 0.0729. The van der Waals surface area contributed by atoms with E-state index in [0.717, 1.165) is 11.1 Å². The summed E-state index contributed by atoms with van der Waals surface area (Å²) in [5.41, 5.74) is 3.23. The molecule has 0 spiro atoms. The number of aromatic hydroxyl groups is 2. The molecule has 0 radical (unpaired) electrons. The van der Waals surface area contributed by atoms with Crippen LogP contribution in [0, 0.1) is 6.92 Å². The number of Topliss-reactive ketones (excluding diaryl/α,β-unsaturated/α-hetero) is 2. The van der Waals surface area contributed by atoms with Crippen LogP contribution in [0.4, 0.5) is 0 Å². The van der Waals surface area contributed by atoms with Crippen LogP contribution in [0.2, 0.25) is 0 Å². The molecule has 0 saturated heterocycles. The molecule has 0 aliphatic heterocycles. The lowest BCUT2D eigenvalue weighted by molar-refractivity contribution is -0.112. The molecular weight excluding hydrogens is 472 g/mol. The molecular formula is C30H30O7. The van der Waals surface area contributed by atoms with E-state index in [0.29, 0.717) is 23.3 Å². The Labute approximate surface area is 214 Å². The fraction of sp³-hybridized carbons (Fsp3) is 0.233. The summed E-state index contributed by atoms with van der Waals surface area (Å²) >= 11 is 0. The van der Waals surface area contributed by atoms with Crippen LogP contribution in [0.15, 0.2) is 74.5 Å². The molecule has 7 nitrogen and oxygen atoms in total. The van der Waals surface area contributed by atoms with Crippen LogP contribution in [0.3, 0.4) is 0 Å². The number of fused-ring (bicyclic) bond motifs is 2. The summed E-state index contributed by atoms with van der Waals surface area (Å²) in [6, 6.07) is 9.32. The fourth-order valence-electron chi connectivity index (χ4n) is 3.87. The molecule has 2 aromatic carbocycles. The van der Waals surface area contributed by atoms with Crippen LogP contribution in [-0.2, 0) is 11.2 Å². The first kappa shape index (κ1) is 27.2. The van der Waals surface area contributed by atoms with Crippen LogP contribution in [0.25, 0.3) is 16.7 Å². The maximum absolute atomic E-state index is 11.9. The molecule has 3 N–H and O–H groups in total. The van der Waals surface area contributed by atoms with Crippen LogP contribution in [-0.4, -0.2) is 26.9 Å². The molecule has 3 aromatic rings. The first-order valence-electron chi connectivity index (χ1n) is 11.8. The highest BCUT2D eigenvalue weighted by Gasteiger charge is 2.31. The smallest absolute Gasteiger partial charge is 0.234 e. The highest BCUT2D eigenvalue weighted by Crippen LogP contribution is 2.35. The van der Waals surface area contributed by atoms with Crippen molar-refractivity contribution in [3.05, 3.63) is 97.9 Å². The van der Waals surface area contributed by atoms with Gasteiger partial charge in [0.2, 0.25) is 11.6 Å². The molecule has 0 atom stereocenters. The van der Waals surface area contributed by atoms with E-state index in [1.54, 1.807) is 31.2 Å². The molecule has 0 unspecified atom stereocenters. The third-order valence-electron chi connectivity index (χ3n) is 5.82. The van der Waals surface area contributed by atoms with E-state index < -0.39 is 11.6 Å². The van der Waals surface area contributed by atoms with Gasteiger partial charge in [0.25, 0.3) is 0 Å². The van der Waals surface area contributed by atoms with Gasteiger partial charge in [-0.05, 0) is 47.5 Å². The highest BCUT2D eigenvalue weighted by molar-refractivity contribution is 6.52. The van der Waals surface area contributed by atoms with Crippen molar-refractivity contribution in [1.29, 1.82) is 0 Å². The van der Waals surface area contributed by atoms with E-state index in [2.05, 4.69) is 0 Å². The van der Waals surface area contributed by atoms with Gasteiger partial charge in [0.05, 0.1) is 0 Å². The number of allylic oxidation sites excluding steroid dienone is 5. The van der Waals surface area contributed by atoms with Gasteiger partial charge < -0.3 is 19.7 Å². The van der Waals surface area contributed by atoms with Crippen molar-refractivity contribution in [2.24, 2.45) is 0 Å². The molecule has 37 heavy (non-hydrogen) atoms. The predicted molar refractivity (Wildman–Crippen MR) is 143 cm³/mol. The van der Waals surface area contributed by atoms with Gasteiger partial charge in [-0.3, -0.25) is 14.4 Å². The number of aliphatic hydroxyl groups is 1. The van der Waals surface area contributed by atoms with E-state index >= 15 is 0 Å². The average Bonchev–Trinajstić information content (AvgIpc) is 2.82. The van der Waals surface area contributed by atoms with Crippen molar-refractivity contribution >= 4 is 28.3 Å². The molecule has 0 amide bonds. The summed E-state index contributed by atoms with van der Waals surface area (Å²) in [6.45, 7) is 9.30. The number of hydrogen-bond acceptors (Lipinski definition) is 7. The summed E-state index contributed by atoms with van der Waals surface area (Å²) in [4.78, 5) is 35.7. The summed E-state index contributed by atoms with van der Waals surface area (Å²) in [5, 5.41) is 30.3. The number of aliphatic hydroxyl groups excluding tert-OH is 1. The van der Waals surface area contributed by atoms with Crippen LogP contribution >= 0.6 is 0 Å². The van der Waals surface area contributed by atoms with E-state index in [1.165, 1.54) is 12.1 Å². The number of phenols is 2. The van der Waals surface area contributed by atoms with Gasteiger partial charge in [-0.25, -0.2) is 0 Å². The number of hydrogen-bond donors (Lipinski definition) is 3. The van der Waals surface area contributed by atoms with E-state index in [9.17, 15) is 29.7 Å². The van der Waals surface area contributed by atoms with Gasteiger partial charge in [-0.1, -0.05) is 47.6 Å². The number of aryl methyl sites for hydroxylation is 1. The minimum Gasteiger partial charge on any atom is -0.507 e. The monoisotopic (exact) mass is 502 g/mol. The van der Waals surface area contributed by atoms with Gasteiger partial charge in [-0.2, -0.15) is 0 Å². The highest BCUT2D eigenvalue weighted by atomic mass is 16.3. The Morgan fingerprint density at radius 1 is 0.838 bits per heavy atom. The van der Waals surface area contributed by atoms with Crippen molar-refractivity contribution in [2.45, 2.75) is 47.5 Å². The quantitative estimate of drug-likeness (QED) is 0.291. The molecule has 0 saturated carbocycles.